The lowest BCUT2D eigenvalue weighted by Gasteiger charge is -2.33. The highest BCUT2D eigenvalue weighted by Gasteiger charge is 2.16. The molecule has 0 bridgehead atoms. The van der Waals surface area contributed by atoms with Crippen LogP contribution < -0.4 is 4.74 Å². The Bertz CT molecular complexity index is 973. The van der Waals surface area contributed by atoms with Crippen LogP contribution in [0.3, 0.4) is 0 Å². The molecule has 1 aliphatic heterocycles. The molecule has 144 valence electrons. The van der Waals surface area contributed by atoms with E-state index in [1.165, 1.54) is 16.3 Å². The second-order valence-corrected chi connectivity index (χ2v) is 7.01. The van der Waals surface area contributed by atoms with Gasteiger partial charge < -0.3 is 9.84 Å². The van der Waals surface area contributed by atoms with Crippen molar-refractivity contribution in [3.8, 4) is 11.5 Å². The Morgan fingerprint density at radius 3 is 2.54 bits per heavy atom. The number of benzene rings is 3. The number of aromatic hydroxyl groups is 1. The van der Waals surface area contributed by atoms with E-state index < -0.39 is 0 Å². The molecule has 1 heterocycles. The molecule has 5 heteroatoms. The zero-order valence-corrected chi connectivity index (χ0v) is 16.1. The molecule has 1 fully saturated rings. The number of rotatable bonds is 5. The Hall–Kier alpha value is -3.05. The van der Waals surface area contributed by atoms with Gasteiger partial charge >= 0.3 is 0 Å². The van der Waals surface area contributed by atoms with Crippen LogP contribution in [0.2, 0.25) is 0 Å². The molecule has 0 aliphatic carbocycles. The fourth-order valence-corrected chi connectivity index (χ4v) is 3.63. The SMILES string of the molecule is COc1cccc(/C=N/N2CCN(Cc3cccc4ccccc34)CC2)c1O. The lowest BCUT2D eigenvalue weighted by atomic mass is 10.0. The van der Waals surface area contributed by atoms with Crippen LogP contribution in [0.5, 0.6) is 11.5 Å². The number of phenolic OH excluding ortho intramolecular Hbond substituents is 1. The summed E-state index contributed by atoms with van der Waals surface area (Å²) in [6.07, 6.45) is 1.71. The molecule has 5 nitrogen and oxygen atoms in total. The summed E-state index contributed by atoms with van der Waals surface area (Å²) in [4.78, 5) is 2.47. The van der Waals surface area contributed by atoms with Crippen LogP contribution in [-0.4, -0.2) is 54.5 Å². The molecule has 0 spiro atoms. The third-order valence-corrected chi connectivity index (χ3v) is 5.23. The minimum Gasteiger partial charge on any atom is -0.504 e. The van der Waals surface area contributed by atoms with E-state index >= 15 is 0 Å². The summed E-state index contributed by atoms with van der Waals surface area (Å²) < 4.78 is 5.15. The quantitative estimate of drug-likeness (QED) is 0.691. The van der Waals surface area contributed by atoms with Gasteiger partial charge in [-0.05, 0) is 28.5 Å². The first-order chi connectivity index (χ1) is 13.7. The smallest absolute Gasteiger partial charge is 0.166 e. The van der Waals surface area contributed by atoms with Crippen LogP contribution in [0.25, 0.3) is 10.8 Å². The summed E-state index contributed by atoms with van der Waals surface area (Å²) in [5, 5.41) is 19.4. The molecule has 0 aromatic heterocycles. The van der Waals surface area contributed by atoms with Gasteiger partial charge in [-0.15, -0.1) is 0 Å². The molecule has 0 saturated carbocycles. The van der Waals surface area contributed by atoms with E-state index in [0.717, 1.165) is 32.7 Å². The molecule has 0 atom stereocenters. The van der Waals surface area contributed by atoms with E-state index in [0.29, 0.717) is 11.3 Å². The normalized spacial score (nSPS) is 15.4. The first-order valence-electron chi connectivity index (χ1n) is 9.58. The second-order valence-electron chi connectivity index (χ2n) is 7.01. The number of piperazine rings is 1. The fraction of sp³-hybridized carbons (Fsp3) is 0.261. The van der Waals surface area contributed by atoms with Crippen molar-refractivity contribution in [1.82, 2.24) is 9.91 Å². The molecule has 4 rings (SSSR count). The summed E-state index contributed by atoms with van der Waals surface area (Å²) in [7, 11) is 1.55. The number of methoxy groups -OCH3 is 1. The Balaban J connectivity index is 1.37. The van der Waals surface area contributed by atoms with Gasteiger partial charge in [0, 0.05) is 38.3 Å². The molecule has 1 aliphatic rings. The predicted molar refractivity (Wildman–Crippen MR) is 113 cm³/mol. The first kappa shape index (κ1) is 18.3. The van der Waals surface area contributed by atoms with Crippen LogP contribution in [0.4, 0.5) is 0 Å². The van der Waals surface area contributed by atoms with Gasteiger partial charge in [0.2, 0.25) is 0 Å². The molecular formula is C23H25N3O2. The molecule has 1 N–H and O–H groups in total. The number of hydrogen-bond acceptors (Lipinski definition) is 5. The first-order valence-corrected chi connectivity index (χ1v) is 9.58. The maximum absolute atomic E-state index is 10.2. The summed E-state index contributed by atoms with van der Waals surface area (Å²) in [6, 6.07) is 20.5. The lowest BCUT2D eigenvalue weighted by molar-refractivity contribution is 0.131. The van der Waals surface area contributed by atoms with E-state index in [1.54, 1.807) is 19.4 Å². The van der Waals surface area contributed by atoms with Gasteiger partial charge in [0.1, 0.15) is 0 Å². The maximum Gasteiger partial charge on any atom is 0.166 e. The molecular weight excluding hydrogens is 350 g/mol. The van der Waals surface area contributed by atoms with Crippen LogP contribution in [0.1, 0.15) is 11.1 Å². The molecule has 0 amide bonds. The number of phenols is 1. The Kier molecular flexibility index (Phi) is 5.44. The second kappa shape index (κ2) is 8.31. The van der Waals surface area contributed by atoms with Gasteiger partial charge in [0.05, 0.1) is 13.3 Å². The van der Waals surface area contributed by atoms with Crippen molar-refractivity contribution in [2.45, 2.75) is 6.54 Å². The highest BCUT2D eigenvalue weighted by Crippen LogP contribution is 2.28. The summed E-state index contributed by atoms with van der Waals surface area (Å²) in [6.45, 7) is 4.61. The van der Waals surface area contributed by atoms with E-state index in [-0.39, 0.29) is 5.75 Å². The summed E-state index contributed by atoms with van der Waals surface area (Å²) in [5.74, 6) is 0.590. The Labute approximate surface area is 165 Å². The molecule has 0 radical (unpaired) electrons. The molecule has 1 saturated heterocycles. The van der Waals surface area contributed by atoms with Gasteiger partial charge in [0.25, 0.3) is 0 Å². The number of ether oxygens (including phenoxy) is 1. The van der Waals surface area contributed by atoms with Crippen molar-refractivity contribution < 1.29 is 9.84 Å². The van der Waals surface area contributed by atoms with Gasteiger partial charge in [-0.3, -0.25) is 9.91 Å². The number of para-hydroxylation sites is 1. The zero-order chi connectivity index (χ0) is 19.3. The van der Waals surface area contributed by atoms with Crippen molar-refractivity contribution >= 4 is 17.0 Å². The predicted octanol–water partition coefficient (Wildman–Crippen LogP) is 3.71. The highest BCUT2D eigenvalue weighted by molar-refractivity contribution is 5.85. The third-order valence-electron chi connectivity index (χ3n) is 5.23. The van der Waals surface area contributed by atoms with Gasteiger partial charge in [-0.2, -0.15) is 5.10 Å². The zero-order valence-electron chi connectivity index (χ0n) is 16.1. The van der Waals surface area contributed by atoms with Crippen LogP contribution in [0.15, 0.2) is 65.8 Å². The van der Waals surface area contributed by atoms with E-state index in [9.17, 15) is 5.11 Å². The Morgan fingerprint density at radius 1 is 0.964 bits per heavy atom. The van der Waals surface area contributed by atoms with Gasteiger partial charge in [-0.25, -0.2) is 0 Å². The minimum absolute atomic E-state index is 0.128. The summed E-state index contributed by atoms with van der Waals surface area (Å²) in [5.41, 5.74) is 2.04. The van der Waals surface area contributed by atoms with E-state index in [2.05, 4.69) is 57.5 Å². The standard InChI is InChI=1S/C23H25N3O2/c1-28-22-11-5-8-19(23(22)27)16-24-26-14-12-25(13-15-26)17-20-9-4-7-18-6-2-3-10-21(18)20/h2-11,16,27H,12-15,17H2,1H3/b24-16+. The average Bonchev–Trinajstić information content (AvgIpc) is 2.74. The van der Waals surface area contributed by atoms with Crippen molar-refractivity contribution in [2.75, 3.05) is 33.3 Å². The largest absolute Gasteiger partial charge is 0.504 e. The van der Waals surface area contributed by atoms with Crippen LogP contribution >= 0.6 is 0 Å². The molecule has 28 heavy (non-hydrogen) atoms. The highest BCUT2D eigenvalue weighted by atomic mass is 16.5. The van der Waals surface area contributed by atoms with Crippen molar-refractivity contribution in [2.24, 2.45) is 5.10 Å². The lowest BCUT2D eigenvalue weighted by Crippen LogP contribution is -2.43. The maximum atomic E-state index is 10.2. The topological polar surface area (TPSA) is 48.3 Å². The third kappa shape index (κ3) is 3.94. The summed E-state index contributed by atoms with van der Waals surface area (Å²) >= 11 is 0. The fourth-order valence-electron chi connectivity index (χ4n) is 3.63. The van der Waals surface area contributed by atoms with Gasteiger partial charge in [0.15, 0.2) is 11.5 Å². The number of fused-ring (bicyclic) bond motifs is 1. The van der Waals surface area contributed by atoms with Crippen LogP contribution in [-0.2, 0) is 6.54 Å². The van der Waals surface area contributed by atoms with Crippen molar-refractivity contribution in [1.29, 1.82) is 0 Å². The number of hydrogen-bond donors (Lipinski definition) is 1. The van der Waals surface area contributed by atoms with Crippen molar-refractivity contribution in [3.63, 3.8) is 0 Å². The molecule has 3 aromatic rings. The van der Waals surface area contributed by atoms with Gasteiger partial charge in [-0.1, -0.05) is 48.5 Å². The molecule has 3 aromatic carbocycles. The van der Waals surface area contributed by atoms with E-state index in [1.807, 2.05) is 12.1 Å². The number of nitrogens with zero attached hydrogens (tertiary/aromatic N) is 3. The Morgan fingerprint density at radius 2 is 1.71 bits per heavy atom. The number of hydrazone groups is 1. The molecule has 0 unspecified atom stereocenters. The van der Waals surface area contributed by atoms with E-state index in [4.69, 9.17) is 4.74 Å². The minimum atomic E-state index is 0.128. The monoisotopic (exact) mass is 375 g/mol. The van der Waals surface area contributed by atoms with Crippen molar-refractivity contribution in [3.05, 3.63) is 71.8 Å². The van der Waals surface area contributed by atoms with Crippen LogP contribution in [0, 0.1) is 0 Å². The average molecular weight is 375 g/mol.